The molecule has 132 valence electrons. The number of hydrogen-bond donors (Lipinski definition) is 3. The number of β-lactam (4-membered cyclic amide) rings is 1. The molecule has 2 saturated heterocycles. The molecular weight excluding hydrogens is 342 g/mol. The Morgan fingerprint density at radius 2 is 2.00 bits per heavy atom. The van der Waals surface area contributed by atoms with Crippen molar-refractivity contribution < 1.29 is 24.0 Å². The number of piperazine rings is 1. The number of carbonyl (C=O) groups excluding carboxylic acids is 5. The molecule has 0 aliphatic carbocycles. The van der Waals surface area contributed by atoms with Crippen LogP contribution in [-0.2, 0) is 19.2 Å². The Bertz CT molecular complexity index is 583. The van der Waals surface area contributed by atoms with Crippen LogP contribution in [0.5, 0.6) is 0 Å². The predicted octanol–water partition coefficient (Wildman–Crippen LogP) is -2.39. The Morgan fingerprint density at radius 1 is 1.29 bits per heavy atom. The van der Waals surface area contributed by atoms with Crippen LogP contribution in [0.3, 0.4) is 0 Å². The van der Waals surface area contributed by atoms with Crippen LogP contribution < -0.4 is 16.0 Å². The van der Waals surface area contributed by atoms with E-state index >= 15 is 0 Å². The van der Waals surface area contributed by atoms with Crippen molar-refractivity contribution in [3.8, 4) is 0 Å². The molecule has 2 aliphatic heterocycles. The highest BCUT2D eigenvalue weighted by Gasteiger charge is 2.37. The van der Waals surface area contributed by atoms with Gasteiger partial charge >= 0.3 is 17.8 Å². The number of likely N-dealkylation sites (N-methyl/N-ethyl adjacent to an activating group) is 1. The Morgan fingerprint density at radius 3 is 2.50 bits per heavy atom. The van der Waals surface area contributed by atoms with E-state index in [1.54, 1.807) is 6.92 Å². The van der Waals surface area contributed by atoms with Gasteiger partial charge in [0.05, 0.1) is 5.88 Å². The van der Waals surface area contributed by atoms with Gasteiger partial charge in [0.1, 0.15) is 12.1 Å². The molecule has 0 bridgehead atoms. The van der Waals surface area contributed by atoms with Gasteiger partial charge in [0.2, 0.25) is 11.8 Å². The molecule has 2 atom stereocenters. The maximum atomic E-state index is 12.2. The molecule has 24 heavy (non-hydrogen) atoms. The summed E-state index contributed by atoms with van der Waals surface area (Å²) in [5, 5.41) is 7.21. The molecule has 11 heteroatoms. The van der Waals surface area contributed by atoms with Gasteiger partial charge in [0, 0.05) is 26.2 Å². The van der Waals surface area contributed by atoms with Gasteiger partial charge in [-0.2, -0.15) is 0 Å². The third-order valence-corrected chi connectivity index (χ3v) is 4.13. The lowest BCUT2D eigenvalue weighted by Crippen LogP contribution is -2.65. The normalized spacial score (nSPS) is 21.8. The van der Waals surface area contributed by atoms with Crippen LogP contribution in [0.15, 0.2) is 0 Å². The van der Waals surface area contributed by atoms with Gasteiger partial charge in [-0.1, -0.05) is 0 Å². The van der Waals surface area contributed by atoms with Crippen LogP contribution in [-0.4, -0.2) is 83.6 Å². The quantitative estimate of drug-likeness (QED) is 0.286. The zero-order chi connectivity index (χ0) is 17.9. The Balaban J connectivity index is 1.93. The van der Waals surface area contributed by atoms with E-state index in [9.17, 15) is 24.0 Å². The third kappa shape index (κ3) is 3.58. The molecule has 2 rings (SSSR count). The van der Waals surface area contributed by atoms with Crippen LogP contribution in [0.25, 0.3) is 0 Å². The monoisotopic (exact) mass is 359 g/mol. The molecule has 0 aromatic carbocycles. The second-order valence-corrected chi connectivity index (χ2v) is 5.61. The fraction of sp³-hybridized carbons (Fsp3) is 0.615. The van der Waals surface area contributed by atoms with Crippen molar-refractivity contribution in [2.24, 2.45) is 0 Å². The Kier molecular flexibility index (Phi) is 5.60. The Labute approximate surface area is 142 Å². The summed E-state index contributed by atoms with van der Waals surface area (Å²) in [5.74, 6) is -2.92. The molecule has 0 aromatic rings. The average Bonchev–Trinajstić information content (AvgIpc) is 2.57. The van der Waals surface area contributed by atoms with E-state index in [4.69, 9.17) is 11.6 Å². The van der Waals surface area contributed by atoms with Gasteiger partial charge in [-0.15, -0.1) is 11.6 Å². The van der Waals surface area contributed by atoms with Gasteiger partial charge in [-0.3, -0.25) is 24.1 Å². The lowest BCUT2D eigenvalue weighted by atomic mass is 10.1. The number of halogens is 1. The van der Waals surface area contributed by atoms with E-state index in [1.165, 1.54) is 4.90 Å². The minimum absolute atomic E-state index is 0.0336. The van der Waals surface area contributed by atoms with E-state index in [2.05, 4.69) is 16.0 Å². The van der Waals surface area contributed by atoms with Crippen LogP contribution in [0.4, 0.5) is 4.79 Å². The minimum Gasteiger partial charge on any atom is -0.352 e. The van der Waals surface area contributed by atoms with Crippen LogP contribution in [0.1, 0.15) is 6.92 Å². The van der Waals surface area contributed by atoms with E-state index in [0.29, 0.717) is 13.1 Å². The number of urea groups is 1. The summed E-state index contributed by atoms with van der Waals surface area (Å²) in [7, 11) is 0. The summed E-state index contributed by atoms with van der Waals surface area (Å²) in [6.07, 6.45) is 0. The second kappa shape index (κ2) is 7.47. The number of nitrogens with zero attached hydrogens (tertiary/aromatic N) is 2. The predicted molar refractivity (Wildman–Crippen MR) is 81.9 cm³/mol. The topological polar surface area (TPSA) is 128 Å². The zero-order valence-electron chi connectivity index (χ0n) is 13.0. The van der Waals surface area contributed by atoms with Crippen molar-refractivity contribution in [2.75, 3.05) is 32.1 Å². The van der Waals surface area contributed by atoms with Crippen molar-refractivity contribution in [1.29, 1.82) is 0 Å². The molecule has 0 saturated carbocycles. The molecule has 2 aliphatic rings. The van der Waals surface area contributed by atoms with Gasteiger partial charge in [-0.05, 0) is 6.92 Å². The van der Waals surface area contributed by atoms with Gasteiger partial charge in [0.15, 0.2) is 0 Å². The third-order valence-electron chi connectivity index (χ3n) is 3.82. The second-order valence-electron chi connectivity index (χ2n) is 5.30. The molecule has 6 amide bonds. The van der Waals surface area contributed by atoms with Crippen LogP contribution in [0, 0.1) is 0 Å². The molecular formula is C13H18ClN5O5. The maximum absolute atomic E-state index is 12.2. The first-order valence-corrected chi connectivity index (χ1v) is 7.97. The number of hydrogen-bond acceptors (Lipinski definition) is 5. The molecule has 0 radical (unpaired) electrons. The highest BCUT2D eigenvalue weighted by Crippen LogP contribution is 2.06. The SMILES string of the molecule is CCN1CCN(C(=O)NC(CCl)C(=O)NC2CNC2=O)C(=O)C1=O. The first-order valence-electron chi connectivity index (χ1n) is 7.44. The molecule has 2 unspecified atom stereocenters. The van der Waals surface area contributed by atoms with E-state index in [0.717, 1.165) is 4.90 Å². The molecule has 0 aromatic heterocycles. The van der Waals surface area contributed by atoms with Gasteiger partial charge < -0.3 is 20.9 Å². The number of imide groups is 1. The lowest BCUT2D eigenvalue weighted by molar-refractivity contribution is -0.153. The summed E-state index contributed by atoms with van der Waals surface area (Å²) in [6.45, 7) is 2.67. The molecule has 2 fully saturated rings. The summed E-state index contributed by atoms with van der Waals surface area (Å²) >= 11 is 5.68. The van der Waals surface area contributed by atoms with E-state index < -0.39 is 35.8 Å². The molecule has 0 spiro atoms. The van der Waals surface area contributed by atoms with Gasteiger partial charge in [-0.25, -0.2) is 4.79 Å². The van der Waals surface area contributed by atoms with E-state index in [1.807, 2.05) is 0 Å². The van der Waals surface area contributed by atoms with Crippen molar-refractivity contribution in [2.45, 2.75) is 19.0 Å². The first-order chi connectivity index (χ1) is 11.4. The van der Waals surface area contributed by atoms with Crippen molar-refractivity contribution in [1.82, 2.24) is 25.8 Å². The number of nitrogens with one attached hydrogen (secondary N) is 3. The maximum Gasteiger partial charge on any atom is 0.325 e. The van der Waals surface area contributed by atoms with Crippen molar-refractivity contribution >= 4 is 41.3 Å². The van der Waals surface area contributed by atoms with Gasteiger partial charge in [0.25, 0.3) is 0 Å². The summed E-state index contributed by atoms with van der Waals surface area (Å²) in [5.41, 5.74) is 0. The number of rotatable bonds is 5. The molecule has 3 N–H and O–H groups in total. The zero-order valence-corrected chi connectivity index (χ0v) is 13.8. The fourth-order valence-corrected chi connectivity index (χ4v) is 2.46. The molecule has 2 heterocycles. The Hall–Kier alpha value is -2.36. The van der Waals surface area contributed by atoms with Crippen LogP contribution >= 0.6 is 11.6 Å². The highest BCUT2D eigenvalue weighted by atomic mass is 35.5. The standard InChI is InChI=1S/C13H18ClN5O5/c1-2-18-3-4-19(12(23)11(18)22)13(24)17-7(5-14)10(21)16-8-6-15-9(8)20/h7-8H,2-6H2,1H3,(H,15,20)(H,16,21)(H,17,24). The summed E-state index contributed by atoms with van der Waals surface area (Å²) < 4.78 is 0. The number of alkyl halides is 1. The van der Waals surface area contributed by atoms with Crippen molar-refractivity contribution in [3.05, 3.63) is 0 Å². The lowest BCUT2D eigenvalue weighted by Gasteiger charge is -2.33. The number of amides is 6. The molecule has 10 nitrogen and oxygen atoms in total. The van der Waals surface area contributed by atoms with E-state index in [-0.39, 0.29) is 24.9 Å². The largest absolute Gasteiger partial charge is 0.352 e. The number of carbonyl (C=O) groups is 5. The smallest absolute Gasteiger partial charge is 0.325 e. The minimum atomic E-state index is -1.13. The first kappa shape index (κ1) is 18.0. The fourth-order valence-electron chi connectivity index (χ4n) is 2.25. The average molecular weight is 360 g/mol. The highest BCUT2D eigenvalue weighted by molar-refractivity contribution is 6.38. The summed E-state index contributed by atoms with van der Waals surface area (Å²) in [4.78, 5) is 61.1. The van der Waals surface area contributed by atoms with Crippen molar-refractivity contribution in [3.63, 3.8) is 0 Å². The summed E-state index contributed by atoms with van der Waals surface area (Å²) in [6, 6.07) is -2.65. The van der Waals surface area contributed by atoms with Crippen LogP contribution in [0.2, 0.25) is 0 Å².